The summed E-state index contributed by atoms with van der Waals surface area (Å²) in [5.74, 6) is 0.694. The van der Waals surface area contributed by atoms with E-state index in [9.17, 15) is 0 Å². The number of fused-ring (bicyclic) bond motifs is 1. The van der Waals surface area contributed by atoms with E-state index in [1.165, 1.54) is 11.3 Å². The highest BCUT2D eigenvalue weighted by atomic mass is 79.9. The van der Waals surface area contributed by atoms with Gasteiger partial charge in [0.1, 0.15) is 5.52 Å². The molecule has 2 heterocycles. The number of hydrogen-bond acceptors (Lipinski definition) is 5. The Labute approximate surface area is 116 Å². The Morgan fingerprint density at radius 2 is 2.06 bits per heavy atom. The molecular formula is C12H8BrN3OS. The zero-order valence-corrected chi connectivity index (χ0v) is 11.8. The van der Waals surface area contributed by atoms with Gasteiger partial charge in [0.05, 0.1) is 0 Å². The molecular weight excluding hydrogens is 314 g/mol. The van der Waals surface area contributed by atoms with E-state index < -0.39 is 0 Å². The molecule has 0 aliphatic heterocycles. The minimum atomic E-state index is 0.498. The number of ether oxygens (including phenoxy) is 1. The SMILES string of the molecule is Cc1ccc2cccc(Oc3nnc(Br)s3)c2n1. The molecule has 6 heteroatoms. The third kappa shape index (κ3) is 2.21. The summed E-state index contributed by atoms with van der Waals surface area (Å²) in [7, 11) is 0. The van der Waals surface area contributed by atoms with Crippen molar-refractivity contribution in [3.8, 4) is 10.9 Å². The maximum atomic E-state index is 5.72. The molecule has 0 aliphatic rings. The first-order valence-corrected chi connectivity index (χ1v) is 6.86. The van der Waals surface area contributed by atoms with Crippen LogP contribution in [-0.4, -0.2) is 15.2 Å². The van der Waals surface area contributed by atoms with Crippen molar-refractivity contribution in [1.29, 1.82) is 0 Å². The van der Waals surface area contributed by atoms with Gasteiger partial charge in [-0.2, -0.15) is 0 Å². The smallest absolute Gasteiger partial charge is 0.300 e. The molecule has 0 amide bonds. The molecule has 0 radical (unpaired) electrons. The van der Waals surface area contributed by atoms with Gasteiger partial charge in [-0.25, -0.2) is 4.98 Å². The summed E-state index contributed by atoms with van der Waals surface area (Å²) in [6.07, 6.45) is 0. The van der Waals surface area contributed by atoms with Gasteiger partial charge in [-0.15, -0.1) is 5.10 Å². The van der Waals surface area contributed by atoms with Gasteiger partial charge >= 0.3 is 0 Å². The maximum absolute atomic E-state index is 5.72. The highest BCUT2D eigenvalue weighted by molar-refractivity contribution is 9.11. The van der Waals surface area contributed by atoms with Crippen molar-refractivity contribution in [2.45, 2.75) is 6.92 Å². The number of benzene rings is 1. The monoisotopic (exact) mass is 321 g/mol. The number of aromatic nitrogens is 3. The maximum Gasteiger partial charge on any atom is 0.300 e. The average Bonchev–Trinajstić information content (AvgIpc) is 2.76. The van der Waals surface area contributed by atoms with Crippen LogP contribution in [0.5, 0.6) is 10.9 Å². The van der Waals surface area contributed by atoms with Crippen molar-refractivity contribution in [2.24, 2.45) is 0 Å². The summed E-state index contributed by atoms with van der Waals surface area (Å²) in [6.45, 7) is 1.96. The molecule has 0 saturated heterocycles. The van der Waals surface area contributed by atoms with Gasteiger partial charge in [0.25, 0.3) is 5.19 Å². The van der Waals surface area contributed by atoms with Gasteiger partial charge in [0.15, 0.2) is 9.67 Å². The summed E-state index contributed by atoms with van der Waals surface area (Å²) in [5, 5.41) is 9.30. The second kappa shape index (κ2) is 4.62. The van der Waals surface area contributed by atoms with E-state index in [2.05, 4.69) is 31.1 Å². The summed E-state index contributed by atoms with van der Waals surface area (Å²) >= 11 is 4.60. The standard InChI is InChI=1S/C12H8BrN3OS/c1-7-5-6-8-3-2-4-9(10(8)14-7)17-12-16-15-11(13)18-12/h2-6H,1H3. The lowest BCUT2D eigenvalue weighted by Crippen LogP contribution is -1.89. The van der Waals surface area contributed by atoms with Gasteiger partial charge in [-0.3, -0.25) is 0 Å². The Bertz CT molecular complexity index is 713. The highest BCUT2D eigenvalue weighted by Gasteiger charge is 2.08. The average molecular weight is 322 g/mol. The first kappa shape index (κ1) is 11.6. The van der Waals surface area contributed by atoms with Crippen molar-refractivity contribution in [2.75, 3.05) is 0 Å². The van der Waals surface area contributed by atoms with E-state index in [0.29, 0.717) is 14.9 Å². The Morgan fingerprint density at radius 1 is 1.17 bits per heavy atom. The van der Waals surface area contributed by atoms with E-state index in [-0.39, 0.29) is 0 Å². The van der Waals surface area contributed by atoms with Crippen LogP contribution >= 0.6 is 27.3 Å². The number of hydrogen-bond donors (Lipinski definition) is 0. The van der Waals surface area contributed by atoms with Crippen LogP contribution in [0.4, 0.5) is 0 Å². The molecule has 18 heavy (non-hydrogen) atoms. The van der Waals surface area contributed by atoms with Gasteiger partial charge in [0.2, 0.25) is 0 Å². The van der Waals surface area contributed by atoms with Crippen LogP contribution in [0, 0.1) is 6.92 Å². The predicted octanol–water partition coefficient (Wildman–Crippen LogP) is 3.95. The zero-order valence-electron chi connectivity index (χ0n) is 9.42. The zero-order chi connectivity index (χ0) is 12.5. The number of aryl methyl sites for hydroxylation is 1. The molecule has 0 atom stereocenters. The van der Waals surface area contributed by atoms with Crippen molar-refractivity contribution in [3.05, 3.63) is 39.9 Å². The third-order valence-electron chi connectivity index (χ3n) is 2.40. The summed E-state index contributed by atoms with van der Waals surface area (Å²) in [4.78, 5) is 4.50. The number of nitrogens with zero attached hydrogens (tertiary/aromatic N) is 3. The van der Waals surface area contributed by atoms with E-state index >= 15 is 0 Å². The Balaban J connectivity index is 2.08. The fraction of sp³-hybridized carbons (Fsp3) is 0.0833. The van der Waals surface area contributed by atoms with Crippen molar-refractivity contribution in [3.63, 3.8) is 0 Å². The van der Waals surface area contributed by atoms with Crippen LogP contribution in [0.15, 0.2) is 34.2 Å². The van der Waals surface area contributed by atoms with Gasteiger partial charge in [-0.05, 0) is 46.3 Å². The van der Waals surface area contributed by atoms with E-state index in [0.717, 1.165) is 16.6 Å². The molecule has 3 rings (SSSR count). The Kier molecular flexibility index (Phi) is 2.97. The third-order valence-corrected chi connectivity index (χ3v) is 3.64. The normalized spacial score (nSPS) is 10.8. The van der Waals surface area contributed by atoms with E-state index in [1.54, 1.807) is 0 Å². The lowest BCUT2D eigenvalue weighted by atomic mass is 10.2. The van der Waals surface area contributed by atoms with Crippen molar-refractivity contribution < 1.29 is 4.74 Å². The van der Waals surface area contributed by atoms with Crippen LogP contribution in [0.25, 0.3) is 10.9 Å². The molecule has 0 saturated carbocycles. The van der Waals surface area contributed by atoms with Crippen LogP contribution in [0.1, 0.15) is 5.69 Å². The summed E-state index contributed by atoms with van der Waals surface area (Å²) in [5.41, 5.74) is 1.79. The molecule has 3 aromatic rings. The van der Waals surface area contributed by atoms with Gasteiger partial charge in [-0.1, -0.05) is 23.3 Å². The first-order chi connectivity index (χ1) is 8.72. The minimum Gasteiger partial charge on any atom is -0.427 e. The lowest BCUT2D eigenvalue weighted by molar-refractivity contribution is 0.477. The summed E-state index contributed by atoms with van der Waals surface area (Å²) in [6, 6.07) is 9.83. The molecule has 4 nitrogen and oxygen atoms in total. The Hall–Kier alpha value is -1.53. The number of rotatable bonds is 2. The van der Waals surface area contributed by atoms with Crippen LogP contribution in [0.3, 0.4) is 0 Å². The topological polar surface area (TPSA) is 47.9 Å². The quantitative estimate of drug-likeness (QED) is 0.717. The molecule has 0 unspecified atom stereocenters. The number of pyridine rings is 1. The van der Waals surface area contributed by atoms with E-state index in [4.69, 9.17) is 4.74 Å². The van der Waals surface area contributed by atoms with Crippen LogP contribution < -0.4 is 4.74 Å². The summed E-state index contributed by atoms with van der Waals surface area (Å²) < 4.78 is 6.42. The number of halogens is 1. The van der Waals surface area contributed by atoms with Gasteiger partial charge in [0, 0.05) is 11.1 Å². The van der Waals surface area contributed by atoms with Gasteiger partial charge < -0.3 is 4.74 Å². The predicted molar refractivity (Wildman–Crippen MR) is 74.2 cm³/mol. The molecule has 90 valence electrons. The second-order valence-corrected chi connectivity index (χ2v) is 5.92. The molecule has 0 aliphatic carbocycles. The van der Waals surface area contributed by atoms with Crippen molar-refractivity contribution in [1.82, 2.24) is 15.2 Å². The molecule has 0 N–H and O–H groups in total. The fourth-order valence-electron chi connectivity index (χ4n) is 1.63. The largest absolute Gasteiger partial charge is 0.427 e. The van der Waals surface area contributed by atoms with E-state index in [1.807, 2.05) is 37.3 Å². The molecule has 0 fully saturated rings. The Morgan fingerprint density at radius 3 is 2.83 bits per heavy atom. The molecule has 2 aromatic heterocycles. The lowest BCUT2D eigenvalue weighted by Gasteiger charge is -2.05. The van der Waals surface area contributed by atoms with Crippen LogP contribution in [0.2, 0.25) is 0 Å². The fourth-order valence-corrected chi connectivity index (χ4v) is 2.56. The first-order valence-electron chi connectivity index (χ1n) is 5.25. The van der Waals surface area contributed by atoms with Crippen LogP contribution in [-0.2, 0) is 0 Å². The highest BCUT2D eigenvalue weighted by Crippen LogP contribution is 2.31. The molecule has 1 aromatic carbocycles. The van der Waals surface area contributed by atoms with Crippen molar-refractivity contribution >= 4 is 38.2 Å². The minimum absolute atomic E-state index is 0.498. The number of para-hydroxylation sites is 1. The molecule has 0 spiro atoms. The molecule has 0 bridgehead atoms. The second-order valence-electron chi connectivity index (χ2n) is 3.70.